The lowest BCUT2D eigenvalue weighted by molar-refractivity contribution is -0.133. The zero-order chi connectivity index (χ0) is 30.8. The highest BCUT2D eigenvalue weighted by molar-refractivity contribution is 9.10. The van der Waals surface area contributed by atoms with Gasteiger partial charge in [-0.05, 0) is 55.3 Å². The SMILES string of the molecule is CC1CN(C(=O)CCCSc2nnc3c4ccccc4n(Cc4ccc(Br)cc4)c3n2)CCN1C(=O)c1ccc(Cl)cc1Cl. The van der Waals surface area contributed by atoms with Crippen LogP contribution in [0.1, 0.15) is 35.7 Å². The molecular weight excluding hydrogens is 683 g/mol. The number of thioether (sulfide) groups is 1. The zero-order valence-electron chi connectivity index (χ0n) is 23.9. The monoisotopic (exact) mass is 710 g/mol. The summed E-state index contributed by atoms with van der Waals surface area (Å²) in [6.07, 6.45) is 1.09. The van der Waals surface area contributed by atoms with Gasteiger partial charge in [-0.1, -0.05) is 81.2 Å². The third kappa shape index (κ3) is 6.59. The molecule has 0 saturated carbocycles. The molecule has 226 valence electrons. The molecule has 0 spiro atoms. The predicted molar refractivity (Wildman–Crippen MR) is 180 cm³/mol. The molecule has 12 heteroatoms. The Kier molecular flexibility index (Phi) is 9.42. The van der Waals surface area contributed by atoms with E-state index >= 15 is 0 Å². The first-order chi connectivity index (χ1) is 21.3. The van der Waals surface area contributed by atoms with Gasteiger partial charge in [0.15, 0.2) is 5.65 Å². The van der Waals surface area contributed by atoms with Gasteiger partial charge in [0, 0.05) is 59.3 Å². The Morgan fingerprint density at radius 1 is 1.02 bits per heavy atom. The number of para-hydroxylation sites is 1. The Bertz CT molecular complexity index is 1850. The van der Waals surface area contributed by atoms with E-state index in [9.17, 15) is 9.59 Å². The molecule has 1 fully saturated rings. The van der Waals surface area contributed by atoms with E-state index in [4.69, 9.17) is 28.2 Å². The van der Waals surface area contributed by atoms with Crippen LogP contribution in [0.3, 0.4) is 0 Å². The molecule has 0 bridgehead atoms. The first-order valence-electron chi connectivity index (χ1n) is 14.3. The van der Waals surface area contributed by atoms with E-state index in [0.29, 0.717) is 65.5 Å². The van der Waals surface area contributed by atoms with Crippen molar-refractivity contribution in [1.82, 2.24) is 29.5 Å². The summed E-state index contributed by atoms with van der Waals surface area (Å²) in [4.78, 5) is 34.6. The minimum absolute atomic E-state index is 0.0817. The topological polar surface area (TPSA) is 84.2 Å². The van der Waals surface area contributed by atoms with Gasteiger partial charge in [0.1, 0.15) is 5.52 Å². The van der Waals surface area contributed by atoms with E-state index in [1.54, 1.807) is 23.1 Å². The van der Waals surface area contributed by atoms with Crippen LogP contribution in [0, 0.1) is 0 Å². The summed E-state index contributed by atoms with van der Waals surface area (Å²) in [6, 6.07) is 21.2. The van der Waals surface area contributed by atoms with Gasteiger partial charge in [0.2, 0.25) is 11.1 Å². The molecule has 1 unspecified atom stereocenters. The Balaban J connectivity index is 1.06. The Morgan fingerprint density at radius 2 is 1.82 bits per heavy atom. The lowest BCUT2D eigenvalue weighted by Gasteiger charge is -2.40. The molecule has 1 aliphatic heterocycles. The van der Waals surface area contributed by atoms with Gasteiger partial charge >= 0.3 is 0 Å². The van der Waals surface area contributed by atoms with Crippen molar-refractivity contribution in [3.8, 4) is 0 Å². The highest BCUT2D eigenvalue weighted by Gasteiger charge is 2.31. The molecule has 8 nitrogen and oxygen atoms in total. The first kappa shape index (κ1) is 30.8. The molecule has 3 heterocycles. The average Bonchev–Trinajstić information content (AvgIpc) is 3.32. The van der Waals surface area contributed by atoms with Crippen LogP contribution < -0.4 is 0 Å². The smallest absolute Gasteiger partial charge is 0.255 e. The number of piperazine rings is 1. The summed E-state index contributed by atoms with van der Waals surface area (Å²) in [5.74, 6) is 0.622. The van der Waals surface area contributed by atoms with Gasteiger partial charge in [-0.15, -0.1) is 10.2 Å². The van der Waals surface area contributed by atoms with Gasteiger partial charge in [-0.2, -0.15) is 0 Å². The number of hydrogen-bond donors (Lipinski definition) is 0. The van der Waals surface area contributed by atoms with Crippen molar-refractivity contribution in [2.24, 2.45) is 0 Å². The van der Waals surface area contributed by atoms with Crippen LogP contribution in [-0.4, -0.2) is 72.8 Å². The molecule has 2 aromatic heterocycles. The lowest BCUT2D eigenvalue weighted by atomic mass is 10.1. The van der Waals surface area contributed by atoms with Crippen molar-refractivity contribution < 1.29 is 9.59 Å². The minimum atomic E-state index is -0.149. The number of carbonyl (C=O) groups is 2. The van der Waals surface area contributed by atoms with Crippen molar-refractivity contribution in [3.05, 3.63) is 92.4 Å². The van der Waals surface area contributed by atoms with E-state index in [2.05, 4.69) is 48.9 Å². The minimum Gasteiger partial charge on any atom is -0.339 e. The number of hydrogen-bond acceptors (Lipinski definition) is 6. The van der Waals surface area contributed by atoms with Gasteiger partial charge in [-0.3, -0.25) is 9.59 Å². The second kappa shape index (κ2) is 13.4. The van der Waals surface area contributed by atoms with Crippen LogP contribution in [0.25, 0.3) is 22.1 Å². The quantitative estimate of drug-likeness (QED) is 0.124. The highest BCUT2D eigenvalue weighted by atomic mass is 79.9. The second-order valence-corrected chi connectivity index (χ2v) is 13.6. The summed E-state index contributed by atoms with van der Waals surface area (Å²) in [6.45, 7) is 4.04. The number of nitrogens with zero attached hydrogens (tertiary/aromatic N) is 6. The van der Waals surface area contributed by atoms with Gasteiger partial charge in [-0.25, -0.2) is 4.98 Å². The highest BCUT2D eigenvalue weighted by Crippen LogP contribution is 2.29. The van der Waals surface area contributed by atoms with Crippen LogP contribution in [0.15, 0.2) is 76.4 Å². The number of amides is 2. The molecule has 6 rings (SSSR count). The normalized spacial score (nSPS) is 15.3. The molecule has 3 aromatic carbocycles. The van der Waals surface area contributed by atoms with Crippen LogP contribution in [0.2, 0.25) is 10.0 Å². The van der Waals surface area contributed by atoms with Crippen LogP contribution in [0.4, 0.5) is 0 Å². The molecule has 44 heavy (non-hydrogen) atoms. The zero-order valence-corrected chi connectivity index (χ0v) is 27.8. The van der Waals surface area contributed by atoms with E-state index in [1.807, 2.05) is 42.2 Å². The number of rotatable bonds is 8. The molecule has 2 amide bonds. The third-order valence-electron chi connectivity index (χ3n) is 7.78. The number of fused-ring (bicyclic) bond motifs is 3. The molecule has 1 atom stereocenters. The van der Waals surface area contributed by atoms with Gasteiger partial charge in [0.25, 0.3) is 5.91 Å². The van der Waals surface area contributed by atoms with E-state index in [0.717, 1.165) is 32.1 Å². The van der Waals surface area contributed by atoms with Crippen LogP contribution >= 0.6 is 50.9 Å². The first-order valence-corrected chi connectivity index (χ1v) is 16.8. The second-order valence-electron chi connectivity index (χ2n) is 10.8. The number of carbonyl (C=O) groups excluding carboxylic acids is 2. The summed E-state index contributed by atoms with van der Waals surface area (Å²) < 4.78 is 3.22. The molecule has 0 radical (unpaired) electrons. The number of benzene rings is 3. The van der Waals surface area contributed by atoms with Crippen LogP contribution in [0.5, 0.6) is 0 Å². The number of halogens is 3. The fraction of sp³-hybridized carbons (Fsp3) is 0.281. The maximum Gasteiger partial charge on any atom is 0.255 e. The predicted octanol–water partition coefficient (Wildman–Crippen LogP) is 7.34. The van der Waals surface area contributed by atoms with Gasteiger partial charge < -0.3 is 14.4 Å². The number of aromatic nitrogens is 4. The third-order valence-corrected chi connectivity index (χ3v) is 9.78. The summed E-state index contributed by atoms with van der Waals surface area (Å²) >= 11 is 17.3. The molecule has 5 aromatic rings. The fourth-order valence-electron chi connectivity index (χ4n) is 5.53. The maximum atomic E-state index is 13.1. The standard InChI is InChI=1S/C32H29BrCl2N6O2S/c1-20-18-39(14-15-40(20)31(43)24-13-12-23(34)17-26(24)35)28(42)7-4-16-44-32-36-30-29(37-38-32)25-5-2-3-6-27(25)41(30)19-21-8-10-22(33)11-9-21/h2-3,5-6,8-13,17,20H,4,7,14-16,18-19H2,1H3. The Hall–Kier alpha value is -3.18. The van der Waals surface area contributed by atoms with Crippen molar-refractivity contribution in [1.29, 1.82) is 0 Å². The molecule has 0 aliphatic carbocycles. The van der Waals surface area contributed by atoms with Crippen molar-refractivity contribution in [3.63, 3.8) is 0 Å². The summed E-state index contributed by atoms with van der Waals surface area (Å²) in [7, 11) is 0. The van der Waals surface area contributed by atoms with Crippen LogP contribution in [-0.2, 0) is 11.3 Å². The summed E-state index contributed by atoms with van der Waals surface area (Å²) in [5.41, 5.74) is 4.22. The lowest BCUT2D eigenvalue weighted by Crippen LogP contribution is -2.55. The average molecular weight is 713 g/mol. The fourth-order valence-corrected chi connectivity index (χ4v) is 7.01. The Labute approximate surface area is 277 Å². The molecule has 0 N–H and O–H groups in total. The largest absolute Gasteiger partial charge is 0.339 e. The van der Waals surface area contributed by atoms with E-state index in [-0.39, 0.29) is 17.9 Å². The van der Waals surface area contributed by atoms with Crippen molar-refractivity contribution in [2.75, 3.05) is 25.4 Å². The molecule has 1 saturated heterocycles. The van der Waals surface area contributed by atoms with Crippen molar-refractivity contribution >= 4 is 84.8 Å². The van der Waals surface area contributed by atoms with Gasteiger partial charge in [0.05, 0.1) is 16.1 Å². The maximum absolute atomic E-state index is 13.1. The summed E-state index contributed by atoms with van der Waals surface area (Å²) in [5, 5.41) is 11.4. The molecule has 1 aliphatic rings. The van der Waals surface area contributed by atoms with E-state index in [1.165, 1.54) is 11.8 Å². The molecular formula is C32H29BrCl2N6O2S. The van der Waals surface area contributed by atoms with E-state index < -0.39 is 0 Å². The Morgan fingerprint density at radius 3 is 2.59 bits per heavy atom. The van der Waals surface area contributed by atoms with Crippen molar-refractivity contribution in [2.45, 2.75) is 37.5 Å².